The third-order valence-corrected chi connectivity index (χ3v) is 3.82. The number of rotatable bonds is 5. The highest BCUT2D eigenvalue weighted by Gasteiger charge is 2.06. The number of carbonyl (C=O) groups excluding carboxylic acids is 1. The van der Waals surface area contributed by atoms with Gasteiger partial charge in [0, 0.05) is 24.0 Å². The minimum atomic E-state index is -0.0877. The van der Waals surface area contributed by atoms with Gasteiger partial charge in [-0.25, -0.2) is 4.98 Å². The van der Waals surface area contributed by atoms with E-state index in [-0.39, 0.29) is 5.91 Å². The summed E-state index contributed by atoms with van der Waals surface area (Å²) in [6, 6.07) is 0. The average molecular weight is 264 g/mol. The molecule has 0 saturated carbocycles. The van der Waals surface area contributed by atoms with Crippen LogP contribution in [0.2, 0.25) is 0 Å². The molecule has 0 fully saturated rings. The number of thiazole rings is 1. The third-order valence-electron chi connectivity index (χ3n) is 2.69. The van der Waals surface area contributed by atoms with Crippen LogP contribution in [0, 0.1) is 13.8 Å². The molecule has 0 saturated heterocycles. The molecular weight excluding hydrogens is 248 g/mol. The number of amides is 1. The molecule has 0 atom stereocenters. The van der Waals surface area contributed by atoms with Gasteiger partial charge in [-0.15, -0.1) is 11.3 Å². The molecule has 0 bridgehead atoms. The van der Waals surface area contributed by atoms with Crippen molar-refractivity contribution in [2.75, 3.05) is 6.54 Å². The number of carbonyl (C=O) groups is 1. The van der Waals surface area contributed by atoms with E-state index in [1.54, 1.807) is 17.5 Å². The normalized spacial score (nSPS) is 10.6. The molecule has 96 valence electrons. The van der Waals surface area contributed by atoms with Crippen molar-refractivity contribution in [1.82, 2.24) is 20.5 Å². The fraction of sp³-hybridized carbons (Fsp3) is 0.417. The van der Waals surface area contributed by atoms with Crippen molar-refractivity contribution in [3.8, 4) is 0 Å². The standard InChI is InChI=1S/C12H16N4OS/c1-8-9(2)18-11(16-8)4-3-5-13-12(17)10-6-14-15-7-10/h6-7H,3-5H2,1-2H3,(H,13,17)(H,14,15). The van der Waals surface area contributed by atoms with E-state index in [9.17, 15) is 4.79 Å². The number of aromatic amines is 1. The van der Waals surface area contributed by atoms with Crippen molar-refractivity contribution >= 4 is 17.2 Å². The van der Waals surface area contributed by atoms with Gasteiger partial charge in [0.2, 0.25) is 0 Å². The quantitative estimate of drug-likeness (QED) is 0.810. The summed E-state index contributed by atoms with van der Waals surface area (Å²) in [5, 5.41) is 10.3. The van der Waals surface area contributed by atoms with Crippen LogP contribution in [0.5, 0.6) is 0 Å². The highest BCUT2D eigenvalue weighted by atomic mass is 32.1. The van der Waals surface area contributed by atoms with Gasteiger partial charge in [0.05, 0.1) is 22.5 Å². The molecule has 0 unspecified atom stereocenters. The Morgan fingerprint density at radius 2 is 2.33 bits per heavy atom. The highest BCUT2D eigenvalue weighted by molar-refractivity contribution is 7.11. The molecule has 0 spiro atoms. The van der Waals surface area contributed by atoms with Crippen LogP contribution < -0.4 is 5.32 Å². The zero-order valence-corrected chi connectivity index (χ0v) is 11.3. The Labute approximate surface area is 110 Å². The van der Waals surface area contributed by atoms with Gasteiger partial charge in [-0.05, 0) is 20.3 Å². The predicted octanol–water partition coefficient (Wildman–Crippen LogP) is 1.85. The molecule has 0 aromatic carbocycles. The molecule has 0 aliphatic carbocycles. The fourth-order valence-electron chi connectivity index (χ4n) is 1.56. The van der Waals surface area contributed by atoms with Crippen LogP contribution in [0.4, 0.5) is 0 Å². The molecule has 0 aliphatic heterocycles. The molecular formula is C12H16N4OS. The lowest BCUT2D eigenvalue weighted by Crippen LogP contribution is -2.24. The van der Waals surface area contributed by atoms with Crippen molar-refractivity contribution in [2.45, 2.75) is 26.7 Å². The van der Waals surface area contributed by atoms with Gasteiger partial charge in [-0.1, -0.05) is 0 Å². The molecule has 0 aliphatic rings. The summed E-state index contributed by atoms with van der Waals surface area (Å²) in [5.41, 5.74) is 1.67. The summed E-state index contributed by atoms with van der Waals surface area (Å²) in [4.78, 5) is 17.3. The van der Waals surface area contributed by atoms with Gasteiger partial charge in [-0.2, -0.15) is 5.10 Å². The first-order valence-corrected chi connectivity index (χ1v) is 6.68. The Balaban J connectivity index is 1.72. The van der Waals surface area contributed by atoms with Crippen LogP contribution in [-0.4, -0.2) is 27.6 Å². The summed E-state index contributed by atoms with van der Waals surface area (Å²) in [7, 11) is 0. The van der Waals surface area contributed by atoms with E-state index < -0.39 is 0 Å². The number of nitrogens with one attached hydrogen (secondary N) is 2. The van der Waals surface area contributed by atoms with Crippen LogP contribution in [0.3, 0.4) is 0 Å². The van der Waals surface area contributed by atoms with Crippen molar-refractivity contribution in [3.05, 3.63) is 33.5 Å². The van der Waals surface area contributed by atoms with E-state index in [2.05, 4.69) is 27.4 Å². The molecule has 6 heteroatoms. The topological polar surface area (TPSA) is 70.7 Å². The van der Waals surface area contributed by atoms with Crippen molar-refractivity contribution in [3.63, 3.8) is 0 Å². The predicted molar refractivity (Wildman–Crippen MR) is 70.8 cm³/mol. The Morgan fingerprint density at radius 1 is 1.50 bits per heavy atom. The maximum atomic E-state index is 11.6. The zero-order valence-electron chi connectivity index (χ0n) is 10.5. The van der Waals surface area contributed by atoms with Gasteiger partial charge in [0.15, 0.2) is 0 Å². The monoisotopic (exact) mass is 264 g/mol. The average Bonchev–Trinajstić information content (AvgIpc) is 2.96. The molecule has 2 heterocycles. The van der Waals surface area contributed by atoms with Crippen molar-refractivity contribution < 1.29 is 4.79 Å². The van der Waals surface area contributed by atoms with Crippen molar-refractivity contribution in [2.24, 2.45) is 0 Å². The SMILES string of the molecule is Cc1nc(CCCNC(=O)c2cn[nH]c2)sc1C. The lowest BCUT2D eigenvalue weighted by Gasteiger charge is -2.01. The minimum Gasteiger partial charge on any atom is -0.352 e. The molecule has 18 heavy (non-hydrogen) atoms. The Bertz CT molecular complexity index is 499. The summed E-state index contributed by atoms with van der Waals surface area (Å²) in [6.07, 6.45) is 4.91. The lowest BCUT2D eigenvalue weighted by atomic mass is 10.3. The number of nitrogens with zero attached hydrogens (tertiary/aromatic N) is 2. The Kier molecular flexibility index (Phi) is 4.09. The first-order chi connectivity index (χ1) is 8.66. The second-order valence-corrected chi connectivity index (χ2v) is 5.38. The van der Waals surface area contributed by atoms with E-state index >= 15 is 0 Å². The third kappa shape index (κ3) is 3.16. The lowest BCUT2D eigenvalue weighted by molar-refractivity contribution is 0.0953. The summed E-state index contributed by atoms with van der Waals surface area (Å²) in [5.74, 6) is -0.0877. The molecule has 2 rings (SSSR count). The minimum absolute atomic E-state index is 0.0877. The van der Waals surface area contributed by atoms with E-state index in [1.165, 1.54) is 11.1 Å². The second kappa shape index (κ2) is 5.77. The zero-order chi connectivity index (χ0) is 13.0. The fourth-order valence-corrected chi connectivity index (χ4v) is 2.54. The largest absolute Gasteiger partial charge is 0.352 e. The maximum absolute atomic E-state index is 11.6. The molecule has 2 aromatic rings. The van der Waals surface area contributed by atoms with Gasteiger partial charge in [0.1, 0.15) is 0 Å². The first kappa shape index (κ1) is 12.8. The van der Waals surface area contributed by atoms with E-state index in [0.29, 0.717) is 12.1 Å². The smallest absolute Gasteiger partial charge is 0.254 e. The van der Waals surface area contributed by atoms with Crippen LogP contribution in [0.1, 0.15) is 32.4 Å². The van der Waals surface area contributed by atoms with Crippen LogP contribution in [-0.2, 0) is 6.42 Å². The van der Waals surface area contributed by atoms with Gasteiger partial charge >= 0.3 is 0 Å². The Morgan fingerprint density at radius 3 is 2.94 bits per heavy atom. The van der Waals surface area contributed by atoms with Crippen LogP contribution in [0.25, 0.3) is 0 Å². The molecule has 5 nitrogen and oxygen atoms in total. The van der Waals surface area contributed by atoms with E-state index in [0.717, 1.165) is 23.5 Å². The highest BCUT2D eigenvalue weighted by Crippen LogP contribution is 2.17. The van der Waals surface area contributed by atoms with Crippen LogP contribution >= 0.6 is 11.3 Å². The molecule has 1 amide bonds. The van der Waals surface area contributed by atoms with Gasteiger partial charge in [-0.3, -0.25) is 9.89 Å². The summed E-state index contributed by atoms with van der Waals surface area (Å²) < 4.78 is 0. The van der Waals surface area contributed by atoms with Crippen LogP contribution in [0.15, 0.2) is 12.4 Å². The number of H-pyrrole nitrogens is 1. The summed E-state index contributed by atoms with van der Waals surface area (Å²) >= 11 is 1.73. The number of aryl methyl sites for hydroxylation is 3. The molecule has 2 N–H and O–H groups in total. The summed E-state index contributed by atoms with van der Waals surface area (Å²) in [6.45, 7) is 4.76. The van der Waals surface area contributed by atoms with Gasteiger partial charge < -0.3 is 5.32 Å². The van der Waals surface area contributed by atoms with Crippen molar-refractivity contribution in [1.29, 1.82) is 0 Å². The molecule has 0 radical (unpaired) electrons. The second-order valence-electron chi connectivity index (χ2n) is 4.10. The van der Waals surface area contributed by atoms with Gasteiger partial charge in [0.25, 0.3) is 5.91 Å². The van der Waals surface area contributed by atoms with E-state index in [1.807, 2.05) is 6.92 Å². The maximum Gasteiger partial charge on any atom is 0.254 e. The number of aromatic nitrogens is 3. The molecule has 2 aromatic heterocycles. The number of hydrogen-bond acceptors (Lipinski definition) is 4. The Hall–Kier alpha value is -1.69. The van der Waals surface area contributed by atoms with E-state index in [4.69, 9.17) is 0 Å². The first-order valence-electron chi connectivity index (χ1n) is 5.86. The number of hydrogen-bond donors (Lipinski definition) is 2.